The second-order valence-corrected chi connectivity index (χ2v) is 12.1. The van der Waals surface area contributed by atoms with Crippen LogP contribution in [0, 0.1) is 0 Å². The Labute approximate surface area is 230 Å². The van der Waals surface area contributed by atoms with Crippen LogP contribution < -0.4 is 10.1 Å². The van der Waals surface area contributed by atoms with E-state index in [2.05, 4.69) is 15.5 Å². The minimum Gasteiger partial charge on any atom is -0.491 e. The highest BCUT2D eigenvalue weighted by atomic mass is 32.2. The SMILES string of the molecule is COCCCS(=O)(=O)c1ccc(C(=NO[C@@H]2CC[C@@H](O)C2)C(=O)Nc2nc3ccc(OCCO)cc3s2)cc1. The fraction of sp³-hybridized carbons (Fsp3) is 0.423. The number of aliphatic hydroxyl groups excluding tert-OH is 2. The van der Waals surface area contributed by atoms with Gasteiger partial charge in [0, 0.05) is 25.7 Å². The Bertz CT molecular complexity index is 1410. The van der Waals surface area contributed by atoms with Crippen molar-refractivity contribution in [3.63, 3.8) is 0 Å². The number of ether oxygens (including phenoxy) is 2. The highest BCUT2D eigenvalue weighted by Gasteiger charge is 2.26. The summed E-state index contributed by atoms with van der Waals surface area (Å²) >= 11 is 1.24. The van der Waals surface area contributed by atoms with Gasteiger partial charge < -0.3 is 24.5 Å². The number of fused-ring (bicyclic) bond motifs is 1. The number of amides is 1. The van der Waals surface area contributed by atoms with Crippen molar-refractivity contribution in [1.29, 1.82) is 0 Å². The van der Waals surface area contributed by atoms with Gasteiger partial charge in [0.25, 0.3) is 5.91 Å². The summed E-state index contributed by atoms with van der Waals surface area (Å²) in [5.74, 6) is -0.0659. The molecule has 13 heteroatoms. The minimum absolute atomic E-state index is 0.0501. The van der Waals surface area contributed by atoms with Crippen molar-refractivity contribution in [2.75, 3.05) is 38.0 Å². The van der Waals surface area contributed by atoms with Gasteiger partial charge in [-0.15, -0.1) is 0 Å². The lowest BCUT2D eigenvalue weighted by molar-refractivity contribution is -0.110. The summed E-state index contributed by atoms with van der Waals surface area (Å²) in [6, 6.07) is 11.1. The molecule has 1 amide bonds. The molecule has 1 aliphatic carbocycles. The number of nitrogens with one attached hydrogen (secondary N) is 1. The number of aliphatic hydroxyl groups is 2. The molecule has 1 heterocycles. The third kappa shape index (κ3) is 7.73. The predicted octanol–water partition coefficient (Wildman–Crippen LogP) is 2.75. The van der Waals surface area contributed by atoms with Crippen LogP contribution in [0.15, 0.2) is 52.5 Å². The van der Waals surface area contributed by atoms with Crippen molar-refractivity contribution >= 4 is 48.1 Å². The molecule has 39 heavy (non-hydrogen) atoms. The van der Waals surface area contributed by atoms with Crippen molar-refractivity contribution in [2.45, 2.75) is 42.8 Å². The average molecular weight is 578 g/mol. The number of oxime groups is 1. The highest BCUT2D eigenvalue weighted by Crippen LogP contribution is 2.29. The number of aromatic nitrogens is 1. The number of carbonyl (C=O) groups excluding carboxylic acids is 1. The quantitative estimate of drug-likeness (QED) is 0.158. The van der Waals surface area contributed by atoms with Crippen LogP contribution in [0.2, 0.25) is 0 Å². The molecule has 1 saturated carbocycles. The summed E-state index contributed by atoms with van der Waals surface area (Å²) in [5.41, 5.74) is 0.970. The number of sulfone groups is 1. The standard InChI is InChI=1S/C26H31N3O8S2/c1-35-12-2-14-39(33,34)21-8-3-17(4-9-21)24(29-37-20-6-5-18(31)15-20)25(32)28-26-27-22-10-7-19(36-13-11-30)16-23(22)38-26/h3-4,7-10,16,18,20,30-31H,2,5-6,11-15H2,1H3,(H,27,28,32)/t18-,20-/m1/s1. The number of carbonyl (C=O) groups is 1. The zero-order valence-electron chi connectivity index (χ0n) is 21.4. The zero-order chi connectivity index (χ0) is 27.8. The van der Waals surface area contributed by atoms with Crippen molar-refractivity contribution in [3.05, 3.63) is 48.0 Å². The lowest BCUT2D eigenvalue weighted by Crippen LogP contribution is -2.25. The van der Waals surface area contributed by atoms with Crippen molar-refractivity contribution in [1.82, 2.24) is 4.98 Å². The molecule has 0 saturated heterocycles. The first kappa shape index (κ1) is 28.9. The fourth-order valence-electron chi connectivity index (χ4n) is 4.06. The number of benzene rings is 2. The molecule has 3 N–H and O–H groups in total. The van der Waals surface area contributed by atoms with Gasteiger partial charge in [0.15, 0.2) is 20.7 Å². The Balaban J connectivity index is 1.55. The molecule has 3 aromatic rings. The van der Waals surface area contributed by atoms with Crippen LogP contribution in [0.3, 0.4) is 0 Å². The molecular formula is C26H31N3O8S2. The summed E-state index contributed by atoms with van der Waals surface area (Å²) < 4.78 is 36.4. The van der Waals surface area contributed by atoms with Gasteiger partial charge in [0.05, 0.1) is 33.6 Å². The summed E-state index contributed by atoms with van der Waals surface area (Å²) in [5, 5.41) is 26.0. The lowest BCUT2D eigenvalue weighted by Gasteiger charge is -2.11. The number of rotatable bonds is 13. The molecule has 4 rings (SSSR count). The third-order valence-corrected chi connectivity index (χ3v) is 8.80. The molecule has 1 aliphatic rings. The van der Waals surface area contributed by atoms with E-state index in [4.69, 9.17) is 19.4 Å². The molecule has 0 spiro atoms. The van der Waals surface area contributed by atoms with E-state index in [0.29, 0.717) is 54.3 Å². The zero-order valence-corrected chi connectivity index (χ0v) is 23.0. The normalized spacial score (nSPS) is 17.9. The molecule has 1 fully saturated rings. The maximum Gasteiger partial charge on any atom is 0.280 e. The number of hydrogen-bond donors (Lipinski definition) is 3. The van der Waals surface area contributed by atoms with E-state index < -0.39 is 21.8 Å². The Morgan fingerprint density at radius 2 is 1.97 bits per heavy atom. The van der Waals surface area contributed by atoms with Crippen LogP contribution >= 0.6 is 11.3 Å². The van der Waals surface area contributed by atoms with E-state index >= 15 is 0 Å². The van der Waals surface area contributed by atoms with E-state index in [0.717, 1.165) is 4.70 Å². The smallest absolute Gasteiger partial charge is 0.280 e. The number of nitrogens with zero attached hydrogens (tertiary/aromatic N) is 2. The van der Waals surface area contributed by atoms with Crippen molar-refractivity contribution in [3.8, 4) is 5.75 Å². The number of anilines is 1. The fourth-order valence-corrected chi connectivity index (χ4v) is 6.24. The van der Waals surface area contributed by atoms with E-state index in [9.17, 15) is 18.3 Å². The van der Waals surface area contributed by atoms with E-state index in [1.54, 1.807) is 18.2 Å². The van der Waals surface area contributed by atoms with Crippen molar-refractivity contribution in [2.24, 2.45) is 5.16 Å². The molecule has 2 aromatic carbocycles. The monoisotopic (exact) mass is 577 g/mol. The summed E-state index contributed by atoms with van der Waals surface area (Å²) in [4.78, 5) is 23.5. The number of thiazole rings is 1. The van der Waals surface area contributed by atoms with Crippen LogP contribution in [0.25, 0.3) is 10.2 Å². The van der Waals surface area contributed by atoms with Crippen LogP contribution in [0.5, 0.6) is 5.75 Å². The molecule has 1 aromatic heterocycles. The van der Waals surface area contributed by atoms with Gasteiger partial charge in [0.1, 0.15) is 18.5 Å². The molecule has 2 atom stereocenters. The van der Waals surface area contributed by atoms with Gasteiger partial charge in [-0.1, -0.05) is 28.6 Å². The minimum atomic E-state index is -3.51. The maximum atomic E-state index is 13.3. The van der Waals surface area contributed by atoms with Crippen molar-refractivity contribution < 1.29 is 37.7 Å². The second-order valence-electron chi connectivity index (χ2n) is 9.00. The first-order valence-corrected chi connectivity index (χ1v) is 15.0. The molecule has 0 bridgehead atoms. The molecular weight excluding hydrogens is 546 g/mol. The molecule has 0 radical (unpaired) electrons. The molecule has 210 valence electrons. The summed E-state index contributed by atoms with van der Waals surface area (Å²) in [6.07, 6.45) is 1.18. The lowest BCUT2D eigenvalue weighted by atomic mass is 10.1. The highest BCUT2D eigenvalue weighted by molar-refractivity contribution is 7.91. The van der Waals surface area contributed by atoms with Gasteiger partial charge in [-0.25, -0.2) is 13.4 Å². The third-order valence-electron chi connectivity index (χ3n) is 6.05. The summed E-state index contributed by atoms with van der Waals surface area (Å²) in [6.45, 7) is 0.399. The first-order valence-electron chi connectivity index (χ1n) is 12.5. The summed E-state index contributed by atoms with van der Waals surface area (Å²) in [7, 11) is -2.00. The van der Waals surface area contributed by atoms with Gasteiger partial charge >= 0.3 is 0 Å². The Kier molecular flexibility index (Phi) is 9.86. The van der Waals surface area contributed by atoms with Crippen LogP contribution in [0.1, 0.15) is 31.2 Å². The van der Waals surface area contributed by atoms with Crippen LogP contribution in [0.4, 0.5) is 5.13 Å². The average Bonchev–Trinajstić information content (AvgIpc) is 3.52. The molecule has 0 aliphatic heterocycles. The van der Waals surface area contributed by atoms with E-state index in [1.807, 2.05) is 0 Å². The second kappa shape index (κ2) is 13.3. The molecule has 11 nitrogen and oxygen atoms in total. The molecule has 0 unspecified atom stereocenters. The van der Waals surface area contributed by atoms with Gasteiger partial charge in [-0.3, -0.25) is 10.1 Å². The topological polar surface area (TPSA) is 157 Å². The number of methoxy groups -OCH3 is 1. The van der Waals surface area contributed by atoms with Gasteiger partial charge in [0.2, 0.25) is 0 Å². The first-order chi connectivity index (χ1) is 18.8. The Hall–Kier alpha value is -3.10. The predicted molar refractivity (Wildman–Crippen MR) is 147 cm³/mol. The van der Waals surface area contributed by atoms with E-state index in [-0.39, 0.29) is 35.7 Å². The largest absolute Gasteiger partial charge is 0.491 e. The van der Waals surface area contributed by atoms with Crippen LogP contribution in [-0.2, 0) is 24.2 Å². The van der Waals surface area contributed by atoms with Gasteiger partial charge in [-0.05, 0) is 49.6 Å². The number of hydrogen-bond acceptors (Lipinski definition) is 11. The Morgan fingerprint density at radius 3 is 2.67 bits per heavy atom. The Morgan fingerprint density at radius 1 is 1.18 bits per heavy atom. The van der Waals surface area contributed by atoms with Gasteiger partial charge in [-0.2, -0.15) is 0 Å². The maximum absolute atomic E-state index is 13.3. The van der Waals surface area contributed by atoms with E-state index in [1.165, 1.54) is 42.7 Å². The van der Waals surface area contributed by atoms with Crippen LogP contribution in [-0.4, -0.2) is 80.1 Å².